The predicted octanol–water partition coefficient (Wildman–Crippen LogP) is 0.473. The van der Waals surface area contributed by atoms with Gasteiger partial charge in [0.05, 0.1) is 12.2 Å². The Balaban J connectivity index is 2.16. The smallest absolute Gasteiger partial charge is 0.234 e. The van der Waals surface area contributed by atoms with Crippen LogP contribution in [-0.2, 0) is 11.3 Å². The molecule has 0 spiro atoms. The van der Waals surface area contributed by atoms with Crippen molar-refractivity contribution in [3.8, 4) is 0 Å². The molecule has 0 aromatic carbocycles. The van der Waals surface area contributed by atoms with Crippen molar-refractivity contribution in [2.45, 2.75) is 6.54 Å². The Morgan fingerprint density at radius 2 is 2.40 bits per heavy atom. The van der Waals surface area contributed by atoms with Gasteiger partial charge in [0.1, 0.15) is 0 Å². The lowest BCUT2D eigenvalue weighted by Gasteiger charge is -2.04. The normalized spacial score (nSPS) is 9.60. The molecule has 0 aliphatic carbocycles. The molecule has 4 nitrogen and oxygen atoms in total. The van der Waals surface area contributed by atoms with E-state index in [9.17, 15) is 4.79 Å². The van der Waals surface area contributed by atoms with E-state index in [1.54, 1.807) is 12.3 Å². The highest BCUT2D eigenvalue weighted by Gasteiger charge is 1.98. The monoisotopic (exact) mass is 205 g/mol. The lowest BCUT2D eigenvalue weighted by Crippen LogP contribution is -2.33. The standard InChI is InChI=1S/C11H15N3O/c1-2-6-14-11(15)9-12-8-10-5-3-4-7-13-10/h2-5,7,12H,1,6,8-9H2,(H,14,15). The molecule has 0 radical (unpaired) electrons. The van der Waals surface area contributed by atoms with Gasteiger partial charge in [0.25, 0.3) is 0 Å². The average Bonchev–Trinajstić information content (AvgIpc) is 2.28. The molecule has 0 aliphatic heterocycles. The molecule has 4 heteroatoms. The number of nitrogens with one attached hydrogen (secondary N) is 2. The minimum Gasteiger partial charge on any atom is -0.352 e. The number of nitrogens with zero attached hydrogens (tertiary/aromatic N) is 1. The van der Waals surface area contributed by atoms with Gasteiger partial charge in [-0.25, -0.2) is 0 Å². The van der Waals surface area contributed by atoms with E-state index in [0.29, 0.717) is 19.6 Å². The number of pyridine rings is 1. The molecular formula is C11H15N3O. The molecule has 1 rings (SSSR count). The van der Waals surface area contributed by atoms with E-state index < -0.39 is 0 Å². The van der Waals surface area contributed by atoms with E-state index in [-0.39, 0.29) is 5.91 Å². The van der Waals surface area contributed by atoms with Crippen molar-refractivity contribution in [3.05, 3.63) is 42.7 Å². The summed E-state index contributed by atoms with van der Waals surface area (Å²) < 4.78 is 0. The van der Waals surface area contributed by atoms with Crippen LogP contribution in [0.3, 0.4) is 0 Å². The topological polar surface area (TPSA) is 54.0 Å². The third-order valence-electron chi connectivity index (χ3n) is 1.76. The van der Waals surface area contributed by atoms with Gasteiger partial charge in [0.2, 0.25) is 5.91 Å². The molecule has 0 saturated carbocycles. The first-order chi connectivity index (χ1) is 7.33. The maximum absolute atomic E-state index is 11.2. The molecule has 1 aromatic heterocycles. The first-order valence-corrected chi connectivity index (χ1v) is 4.81. The molecular weight excluding hydrogens is 190 g/mol. The fraction of sp³-hybridized carbons (Fsp3) is 0.273. The highest BCUT2D eigenvalue weighted by Crippen LogP contribution is 1.90. The van der Waals surface area contributed by atoms with Gasteiger partial charge < -0.3 is 10.6 Å². The van der Waals surface area contributed by atoms with E-state index >= 15 is 0 Å². The number of carbonyl (C=O) groups is 1. The van der Waals surface area contributed by atoms with Crippen LogP contribution >= 0.6 is 0 Å². The molecule has 0 bridgehead atoms. The zero-order valence-electron chi connectivity index (χ0n) is 8.57. The summed E-state index contributed by atoms with van der Waals surface area (Å²) in [7, 11) is 0. The van der Waals surface area contributed by atoms with E-state index in [0.717, 1.165) is 5.69 Å². The van der Waals surface area contributed by atoms with Gasteiger partial charge in [-0.1, -0.05) is 12.1 Å². The summed E-state index contributed by atoms with van der Waals surface area (Å²) in [5.41, 5.74) is 0.925. The molecule has 1 aromatic rings. The third-order valence-corrected chi connectivity index (χ3v) is 1.76. The van der Waals surface area contributed by atoms with Crippen molar-refractivity contribution in [2.75, 3.05) is 13.1 Å². The summed E-state index contributed by atoms with van der Waals surface area (Å²) in [5.74, 6) is -0.0363. The van der Waals surface area contributed by atoms with Gasteiger partial charge in [0.15, 0.2) is 0 Å². The highest BCUT2D eigenvalue weighted by molar-refractivity contribution is 5.78. The van der Waals surface area contributed by atoms with Crippen LogP contribution in [0.15, 0.2) is 37.1 Å². The molecule has 0 unspecified atom stereocenters. The number of amides is 1. The van der Waals surface area contributed by atoms with Crippen molar-refractivity contribution >= 4 is 5.91 Å². The Morgan fingerprint density at radius 3 is 3.07 bits per heavy atom. The Hall–Kier alpha value is -1.68. The molecule has 2 N–H and O–H groups in total. The van der Waals surface area contributed by atoms with E-state index in [2.05, 4.69) is 22.2 Å². The van der Waals surface area contributed by atoms with Gasteiger partial charge >= 0.3 is 0 Å². The van der Waals surface area contributed by atoms with Gasteiger partial charge in [-0.2, -0.15) is 0 Å². The number of hydrogen-bond donors (Lipinski definition) is 2. The fourth-order valence-corrected chi connectivity index (χ4v) is 1.06. The predicted molar refractivity (Wildman–Crippen MR) is 59.2 cm³/mol. The molecule has 15 heavy (non-hydrogen) atoms. The average molecular weight is 205 g/mol. The highest BCUT2D eigenvalue weighted by atomic mass is 16.1. The van der Waals surface area contributed by atoms with Crippen molar-refractivity contribution in [1.82, 2.24) is 15.6 Å². The fourth-order valence-electron chi connectivity index (χ4n) is 1.06. The summed E-state index contributed by atoms with van der Waals surface area (Å²) in [6.07, 6.45) is 3.38. The summed E-state index contributed by atoms with van der Waals surface area (Å²) in [6.45, 7) is 4.92. The second kappa shape index (κ2) is 6.73. The lowest BCUT2D eigenvalue weighted by molar-refractivity contribution is -0.120. The van der Waals surface area contributed by atoms with Gasteiger partial charge in [0, 0.05) is 19.3 Å². The lowest BCUT2D eigenvalue weighted by atomic mass is 10.3. The largest absolute Gasteiger partial charge is 0.352 e. The Bertz CT molecular complexity index is 311. The third kappa shape index (κ3) is 4.93. The second-order valence-corrected chi connectivity index (χ2v) is 3.02. The summed E-state index contributed by atoms with van der Waals surface area (Å²) in [4.78, 5) is 15.3. The zero-order chi connectivity index (χ0) is 10.9. The van der Waals surface area contributed by atoms with Crippen LogP contribution in [0.1, 0.15) is 5.69 Å². The van der Waals surface area contributed by atoms with Gasteiger partial charge in [-0.15, -0.1) is 6.58 Å². The minimum absolute atomic E-state index is 0.0363. The molecule has 1 heterocycles. The Kier molecular flexibility index (Phi) is 5.11. The first-order valence-electron chi connectivity index (χ1n) is 4.81. The van der Waals surface area contributed by atoms with E-state index in [1.165, 1.54) is 0 Å². The number of hydrogen-bond acceptors (Lipinski definition) is 3. The van der Waals surface area contributed by atoms with Gasteiger partial charge in [-0.05, 0) is 12.1 Å². The molecule has 0 atom stereocenters. The van der Waals surface area contributed by atoms with E-state index in [1.807, 2.05) is 18.2 Å². The van der Waals surface area contributed by atoms with Crippen molar-refractivity contribution in [1.29, 1.82) is 0 Å². The molecule has 80 valence electrons. The number of carbonyl (C=O) groups excluding carboxylic acids is 1. The van der Waals surface area contributed by atoms with Gasteiger partial charge in [-0.3, -0.25) is 9.78 Å². The maximum atomic E-state index is 11.2. The van der Waals surface area contributed by atoms with E-state index in [4.69, 9.17) is 0 Å². The second-order valence-electron chi connectivity index (χ2n) is 3.02. The SMILES string of the molecule is C=CCNC(=O)CNCc1ccccn1. The van der Waals surface area contributed by atoms with Crippen LogP contribution in [-0.4, -0.2) is 24.0 Å². The van der Waals surface area contributed by atoms with Crippen LogP contribution in [0.2, 0.25) is 0 Å². The Labute approximate surface area is 89.4 Å². The van der Waals surface area contributed by atoms with Crippen molar-refractivity contribution in [2.24, 2.45) is 0 Å². The molecule has 0 aliphatic rings. The quantitative estimate of drug-likeness (QED) is 0.664. The molecule has 0 fully saturated rings. The van der Waals surface area contributed by atoms with Crippen LogP contribution < -0.4 is 10.6 Å². The summed E-state index contributed by atoms with van der Waals surface area (Å²) in [6, 6.07) is 5.69. The summed E-state index contributed by atoms with van der Waals surface area (Å²) >= 11 is 0. The number of rotatable bonds is 6. The maximum Gasteiger partial charge on any atom is 0.234 e. The minimum atomic E-state index is -0.0363. The van der Waals surface area contributed by atoms with Crippen LogP contribution in [0.25, 0.3) is 0 Å². The van der Waals surface area contributed by atoms with Crippen LogP contribution in [0.5, 0.6) is 0 Å². The molecule has 0 saturated heterocycles. The van der Waals surface area contributed by atoms with Crippen molar-refractivity contribution in [3.63, 3.8) is 0 Å². The Morgan fingerprint density at radius 1 is 1.53 bits per heavy atom. The van der Waals surface area contributed by atoms with Crippen molar-refractivity contribution < 1.29 is 4.79 Å². The van der Waals surface area contributed by atoms with Crippen LogP contribution in [0, 0.1) is 0 Å². The first kappa shape index (κ1) is 11.4. The van der Waals surface area contributed by atoms with Crippen LogP contribution in [0.4, 0.5) is 0 Å². The zero-order valence-corrected chi connectivity index (χ0v) is 8.57. The summed E-state index contributed by atoms with van der Waals surface area (Å²) in [5, 5.41) is 5.68. The number of aromatic nitrogens is 1. The molecule has 1 amide bonds.